The average Bonchev–Trinajstić information content (AvgIpc) is 3.45. The predicted octanol–water partition coefficient (Wildman–Crippen LogP) is 2.52. The third-order valence-electron chi connectivity index (χ3n) is 6.26. The summed E-state index contributed by atoms with van der Waals surface area (Å²) in [5.74, 6) is -2.28. The summed E-state index contributed by atoms with van der Waals surface area (Å²) in [6.07, 6.45) is 1.31. The first-order chi connectivity index (χ1) is 15.9. The van der Waals surface area contributed by atoms with Gasteiger partial charge in [0.05, 0.1) is 16.6 Å². The molecular weight excluding hydrogens is 466 g/mol. The highest BCUT2D eigenvalue weighted by Gasteiger charge is 2.77. The number of benzene rings is 2. The van der Waals surface area contributed by atoms with Crippen LogP contribution in [0.25, 0.3) is 10.9 Å². The molecule has 1 atom stereocenters. The number of amides is 1. The molecule has 2 aromatic carbocycles. The molecule has 176 valence electrons. The number of piperazine rings is 1. The van der Waals surface area contributed by atoms with Gasteiger partial charge in [-0.3, -0.25) is 19.1 Å². The fourth-order valence-corrected chi connectivity index (χ4v) is 6.28. The molecule has 1 aromatic heterocycles. The molecule has 2 bridgehead atoms. The van der Waals surface area contributed by atoms with E-state index >= 15 is 0 Å². The van der Waals surface area contributed by atoms with Crippen molar-refractivity contribution in [3.63, 3.8) is 0 Å². The van der Waals surface area contributed by atoms with Gasteiger partial charge in [0, 0.05) is 31.2 Å². The number of hydrogen-bond donors (Lipinski definition) is 1. The number of carbonyl (C=O) groups is 1. The van der Waals surface area contributed by atoms with E-state index in [0.717, 1.165) is 5.56 Å². The molecule has 3 aromatic rings. The lowest BCUT2D eigenvalue weighted by Crippen LogP contribution is -2.70. The van der Waals surface area contributed by atoms with E-state index in [1.165, 1.54) is 17.0 Å². The zero-order valence-electron chi connectivity index (χ0n) is 17.7. The Labute approximate surface area is 193 Å². The van der Waals surface area contributed by atoms with Crippen LogP contribution >= 0.6 is 7.82 Å². The van der Waals surface area contributed by atoms with E-state index in [1.54, 1.807) is 36.5 Å². The fourth-order valence-electron chi connectivity index (χ4n) is 4.65. The van der Waals surface area contributed by atoms with Gasteiger partial charge in [-0.25, -0.2) is 18.0 Å². The monoisotopic (exact) mass is 486 g/mol. The van der Waals surface area contributed by atoms with Crippen LogP contribution < -0.4 is 0 Å². The van der Waals surface area contributed by atoms with Gasteiger partial charge in [0.2, 0.25) is 0 Å². The van der Waals surface area contributed by atoms with Gasteiger partial charge in [-0.2, -0.15) is 5.26 Å². The number of phosphoric acid groups is 1. The molecule has 10 nitrogen and oxygen atoms in total. The number of nitrogens with zero attached hydrogens (tertiary/aromatic N) is 3. The van der Waals surface area contributed by atoms with Gasteiger partial charge in [-0.15, -0.1) is 0 Å². The standard InChI is InChI=1S/C22H18FN4O5P.H2O/c23-16-6-4-14(5-7-16)8-9-26-10-11-27(22-21(26)30-33(29,31-22)32-22)20(28)18-3-1-2-17-15(12-24)13-25-19(17)18;/h1-7,13,21,25H,8-11H2;1H2. The zero-order chi connectivity index (χ0) is 22.8. The summed E-state index contributed by atoms with van der Waals surface area (Å²) in [6, 6.07) is 13.4. The minimum absolute atomic E-state index is 0. The van der Waals surface area contributed by atoms with Gasteiger partial charge in [-0.05, 0) is 30.2 Å². The number of rotatable bonds is 4. The summed E-state index contributed by atoms with van der Waals surface area (Å²) >= 11 is 0. The third kappa shape index (κ3) is 3.27. The number of para-hydroxylation sites is 1. The second kappa shape index (κ2) is 7.99. The Hall–Kier alpha value is -3.10. The molecule has 4 aliphatic heterocycles. The molecule has 12 heteroatoms. The number of aromatic nitrogens is 1. The maximum atomic E-state index is 13.6. The van der Waals surface area contributed by atoms with Crippen molar-refractivity contribution in [3.8, 4) is 6.07 Å². The van der Waals surface area contributed by atoms with Crippen molar-refractivity contribution in [2.75, 3.05) is 19.6 Å². The molecule has 0 saturated carbocycles. The Morgan fingerprint density at radius 2 is 2.00 bits per heavy atom. The lowest BCUT2D eigenvalue weighted by Gasteiger charge is -2.49. The van der Waals surface area contributed by atoms with Crippen LogP contribution in [0.4, 0.5) is 4.39 Å². The van der Waals surface area contributed by atoms with Crippen LogP contribution in [0.3, 0.4) is 0 Å². The second-order valence-electron chi connectivity index (χ2n) is 8.13. The van der Waals surface area contributed by atoms with E-state index in [1.807, 2.05) is 4.90 Å². The number of nitrogens with one attached hydrogen (secondary N) is 1. The number of hydrogen-bond acceptors (Lipinski definition) is 7. The molecule has 7 rings (SSSR count). The van der Waals surface area contributed by atoms with Crippen molar-refractivity contribution in [3.05, 3.63) is 71.2 Å². The van der Waals surface area contributed by atoms with Gasteiger partial charge in [0.1, 0.15) is 11.9 Å². The quantitative estimate of drug-likeness (QED) is 0.559. The van der Waals surface area contributed by atoms with Crippen molar-refractivity contribution < 1.29 is 32.8 Å². The normalized spacial score (nSPS) is 27.5. The highest BCUT2D eigenvalue weighted by molar-refractivity contribution is 7.50. The molecule has 1 unspecified atom stereocenters. The Balaban J connectivity index is 0.00000241. The van der Waals surface area contributed by atoms with E-state index in [2.05, 4.69) is 11.1 Å². The summed E-state index contributed by atoms with van der Waals surface area (Å²) in [5.41, 5.74) is 2.26. The highest BCUT2D eigenvalue weighted by atomic mass is 31.2. The smallest absolute Gasteiger partial charge is 0.412 e. The Bertz CT molecular complexity index is 1360. The molecular formula is C22H20FN4O6P. The third-order valence-corrected chi connectivity index (χ3v) is 7.69. The number of fused-ring (bicyclic) bond motifs is 1. The van der Waals surface area contributed by atoms with Crippen LogP contribution in [0.15, 0.2) is 48.7 Å². The summed E-state index contributed by atoms with van der Waals surface area (Å²) in [7, 11) is -3.71. The summed E-state index contributed by atoms with van der Waals surface area (Å²) in [4.78, 5) is 19.9. The molecule has 5 heterocycles. The lowest BCUT2D eigenvalue weighted by atomic mass is 10.1. The Morgan fingerprint density at radius 1 is 1.24 bits per heavy atom. The molecule has 4 fully saturated rings. The minimum atomic E-state index is -3.71. The number of phosphoric ester groups is 1. The van der Waals surface area contributed by atoms with E-state index in [0.29, 0.717) is 41.5 Å². The molecule has 1 amide bonds. The van der Waals surface area contributed by atoms with Crippen LogP contribution in [0, 0.1) is 17.1 Å². The van der Waals surface area contributed by atoms with Gasteiger partial charge in [-0.1, -0.05) is 24.3 Å². The summed E-state index contributed by atoms with van der Waals surface area (Å²) < 4.78 is 42.5. The van der Waals surface area contributed by atoms with Crippen molar-refractivity contribution in [1.82, 2.24) is 14.8 Å². The molecule has 34 heavy (non-hydrogen) atoms. The first-order valence-electron chi connectivity index (χ1n) is 10.4. The lowest BCUT2D eigenvalue weighted by molar-refractivity contribution is -0.297. The van der Waals surface area contributed by atoms with Crippen molar-refractivity contribution in [1.29, 1.82) is 5.26 Å². The van der Waals surface area contributed by atoms with Crippen LogP contribution in [-0.2, 0) is 24.6 Å². The molecule has 1 spiro atoms. The molecule has 0 aliphatic carbocycles. The summed E-state index contributed by atoms with van der Waals surface area (Å²) in [6.45, 7) is 1.21. The van der Waals surface area contributed by atoms with E-state index < -0.39 is 20.0 Å². The molecule has 0 radical (unpaired) electrons. The van der Waals surface area contributed by atoms with Crippen LogP contribution in [0.1, 0.15) is 21.5 Å². The topological polar surface area (TPSA) is 139 Å². The van der Waals surface area contributed by atoms with Crippen molar-refractivity contribution in [2.45, 2.75) is 18.6 Å². The Morgan fingerprint density at radius 3 is 2.74 bits per heavy atom. The number of halogens is 1. The Kier molecular flexibility index (Phi) is 5.33. The highest BCUT2D eigenvalue weighted by Crippen LogP contribution is 2.75. The summed E-state index contributed by atoms with van der Waals surface area (Å²) in [5, 5.41) is 9.94. The van der Waals surface area contributed by atoms with Gasteiger partial charge < -0.3 is 10.5 Å². The van der Waals surface area contributed by atoms with Crippen LogP contribution in [0.2, 0.25) is 0 Å². The van der Waals surface area contributed by atoms with Gasteiger partial charge in [0.15, 0.2) is 6.23 Å². The second-order valence-corrected chi connectivity index (χ2v) is 9.60. The van der Waals surface area contributed by atoms with Gasteiger partial charge in [0.25, 0.3) is 5.91 Å². The number of carbonyl (C=O) groups excluding carboxylic acids is 1. The molecule has 3 N–H and O–H groups in total. The number of aromatic amines is 1. The maximum Gasteiger partial charge on any atom is 0.484 e. The molecule has 4 aliphatic rings. The molecule has 4 saturated heterocycles. The van der Waals surface area contributed by atoms with E-state index in [9.17, 15) is 19.0 Å². The van der Waals surface area contributed by atoms with E-state index in [4.69, 9.17) is 13.6 Å². The van der Waals surface area contributed by atoms with Crippen molar-refractivity contribution in [2.24, 2.45) is 0 Å². The van der Waals surface area contributed by atoms with Gasteiger partial charge >= 0.3 is 13.7 Å². The zero-order valence-corrected chi connectivity index (χ0v) is 18.6. The van der Waals surface area contributed by atoms with Crippen molar-refractivity contribution >= 4 is 24.6 Å². The van der Waals surface area contributed by atoms with Crippen LogP contribution in [-0.4, -0.2) is 57.9 Å². The fraction of sp³-hybridized carbons (Fsp3) is 0.273. The largest absolute Gasteiger partial charge is 0.484 e. The first kappa shape index (κ1) is 22.7. The average molecular weight is 486 g/mol. The maximum absolute atomic E-state index is 13.6. The SMILES string of the molecule is N#Cc1c[nH]c2c(C(=O)N3CCN(CCc4ccc(F)cc4)C4OP5(=O)OC43O5)cccc12.O. The first-order valence-corrected chi connectivity index (χ1v) is 11.9. The van der Waals surface area contributed by atoms with E-state index in [-0.39, 0.29) is 23.7 Å². The minimum Gasteiger partial charge on any atom is -0.412 e. The van der Waals surface area contributed by atoms with Crippen LogP contribution in [0.5, 0.6) is 0 Å². The number of H-pyrrole nitrogens is 1. The number of nitriles is 1. The predicted molar refractivity (Wildman–Crippen MR) is 117 cm³/mol.